The highest BCUT2D eigenvalue weighted by Gasteiger charge is 2.17. The summed E-state index contributed by atoms with van der Waals surface area (Å²) in [4.78, 5) is 12.2. The molecule has 0 aliphatic heterocycles. The smallest absolute Gasteiger partial charge is 0.412 e. The van der Waals surface area contributed by atoms with E-state index in [0.29, 0.717) is 16.3 Å². The minimum atomic E-state index is -0.528. The molecule has 5 heteroatoms. The van der Waals surface area contributed by atoms with Gasteiger partial charge in [-0.2, -0.15) is 0 Å². The molecule has 1 rings (SSSR count). The van der Waals surface area contributed by atoms with Crippen molar-refractivity contribution in [2.45, 2.75) is 31.3 Å². The lowest BCUT2D eigenvalue weighted by atomic mass is 10.2. The first-order valence-electron chi connectivity index (χ1n) is 5.19. The number of carbonyl (C=O) groups excluding carboxylic acids is 1. The Morgan fingerprint density at radius 2 is 2.00 bits per heavy atom. The monoisotopic (exact) mass is 255 g/mol. The van der Waals surface area contributed by atoms with Gasteiger partial charge in [0.05, 0.1) is 12.8 Å². The molecule has 0 aliphatic rings. The molecular formula is C12H17NO3S. The summed E-state index contributed by atoms with van der Waals surface area (Å²) < 4.78 is 10.2. The Morgan fingerprint density at radius 1 is 1.35 bits per heavy atom. The van der Waals surface area contributed by atoms with Gasteiger partial charge in [-0.15, -0.1) is 12.6 Å². The Hall–Kier alpha value is -1.36. The van der Waals surface area contributed by atoms with Crippen molar-refractivity contribution >= 4 is 24.4 Å². The molecule has 0 radical (unpaired) electrons. The Labute approximate surface area is 107 Å². The zero-order valence-electron chi connectivity index (χ0n) is 10.4. The van der Waals surface area contributed by atoms with Crippen LogP contribution in [0.4, 0.5) is 10.5 Å². The molecule has 0 spiro atoms. The van der Waals surface area contributed by atoms with Gasteiger partial charge in [0.25, 0.3) is 0 Å². The molecule has 0 fully saturated rings. The van der Waals surface area contributed by atoms with E-state index >= 15 is 0 Å². The van der Waals surface area contributed by atoms with Gasteiger partial charge in [0, 0.05) is 11.0 Å². The van der Waals surface area contributed by atoms with Crippen molar-refractivity contribution in [1.29, 1.82) is 0 Å². The lowest BCUT2D eigenvalue weighted by Gasteiger charge is -2.20. The number of rotatable bonds is 2. The van der Waals surface area contributed by atoms with Gasteiger partial charge in [-0.3, -0.25) is 5.32 Å². The van der Waals surface area contributed by atoms with E-state index in [1.165, 1.54) is 0 Å². The molecule has 1 N–H and O–H groups in total. The van der Waals surface area contributed by atoms with Crippen molar-refractivity contribution in [2.75, 3.05) is 12.4 Å². The molecule has 4 nitrogen and oxygen atoms in total. The van der Waals surface area contributed by atoms with E-state index in [2.05, 4.69) is 17.9 Å². The third kappa shape index (κ3) is 4.56. The topological polar surface area (TPSA) is 47.6 Å². The first-order chi connectivity index (χ1) is 7.81. The fourth-order valence-corrected chi connectivity index (χ4v) is 1.35. The quantitative estimate of drug-likeness (QED) is 0.797. The molecule has 0 saturated carbocycles. The summed E-state index contributed by atoms with van der Waals surface area (Å²) >= 11 is 4.24. The fourth-order valence-electron chi connectivity index (χ4n) is 1.16. The summed E-state index contributed by atoms with van der Waals surface area (Å²) in [5, 5.41) is 2.62. The minimum Gasteiger partial charge on any atom is -0.497 e. The number of benzene rings is 1. The first-order valence-corrected chi connectivity index (χ1v) is 5.63. The predicted molar refractivity (Wildman–Crippen MR) is 70.1 cm³/mol. The van der Waals surface area contributed by atoms with E-state index in [1.807, 2.05) is 0 Å². The number of anilines is 1. The maximum Gasteiger partial charge on any atom is 0.412 e. The maximum absolute atomic E-state index is 11.6. The van der Waals surface area contributed by atoms with Gasteiger partial charge in [-0.05, 0) is 32.9 Å². The summed E-state index contributed by atoms with van der Waals surface area (Å²) in [6, 6.07) is 5.20. The number of ether oxygens (including phenoxy) is 2. The van der Waals surface area contributed by atoms with Gasteiger partial charge in [-0.1, -0.05) is 0 Å². The number of thiol groups is 1. The third-order valence-corrected chi connectivity index (χ3v) is 2.23. The number of nitrogens with one attached hydrogen (secondary N) is 1. The Morgan fingerprint density at radius 3 is 2.53 bits per heavy atom. The van der Waals surface area contributed by atoms with E-state index in [-0.39, 0.29) is 0 Å². The molecule has 94 valence electrons. The summed E-state index contributed by atoms with van der Waals surface area (Å²) in [6.07, 6.45) is -0.513. The van der Waals surface area contributed by atoms with Crippen molar-refractivity contribution in [2.24, 2.45) is 0 Å². The van der Waals surface area contributed by atoms with Gasteiger partial charge in [-0.25, -0.2) is 4.79 Å². The van der Waals surface area contributed by atoms with E-state index in [4.69, 9.17) is 9.47 Å². The summed E-state index contributed by atoms with van der Waals surface area (Å²) in [6.45, 7) is 5.42. The SMILES string of the molecule is COc1ccc(S)c(NC(=O)OC(C)(C)C)c1. The number of carbonyl (C=O) groups is 1. The van der Waals surface area contributed by atoms with Crippen LogP contribution >= 0.6 is 12.6 Å². The molecule has 1 aromatic carbocycles. The Bertz CT molecular complexity index is 413. The van der Waals surface area contributed by atoms with Crippen LogP contribution in [0.1, 0.15) is 20.8 Å². The summed E-state index contributed by atoms with van der Waals surface area (Å²) in [5.41, 5.74) is 0.0293. The lowest BCUT2D eigenvalue weighted by molar-refractivity contribution is 0.0635. The second-order valence-electron chi connectivity index (χ2n) is 4.51. The highest BCUT2D eigenvalue weighted by atomic mass is 32.1. The lowest BCUT2D eigenvalue weighted by Crippen LogP contribution is -2.27. The second-order valence-corrected chi connectivity index (χ2v) is 4.99. The summed E-state index contributed by atoms with van der Waals surface area (Å²) in [5.74, 6) is 0.647. The molecule has 0 saturated heterocycles. The molecule has 1 aromatic rings. The molecule has 0 atom stereocenters. The molecule has 17 heavy (non-hydrogen) atoms. The Kier molecular flexibility index (Phi) is 4.28. The van der Waals surface area contributed by atoms with Crippen LogP contribution in [-0.4, -0.2) is 18.8 Å². The molecule has 0 heterocycles. The van der Waals surface area contributed by atoms with E-state index in [1.54, 1.807) is 46.1 Å². The van der Waals surface area contributed by atoms with Gasteiger partial charge >= 0.3 is 6.09 Å². The van der Waals surface area contributed by atoms with Crippen molar-refractivity contribution < 1.29 is 14.3 Å². The van der Waals surface area contributed by atoms with Gasteiger partial charge in [0.2, 0.25) is 0 Å². The number of hydrogen-bond acceptors (Lipinski definition) is 4. The van der Waals surface area contributed by atoms with Crippen molar-refractivity contribution in [3.8, 4) is 5.75 Å². The predicted octanol–water partition coefficient (Wildman–Crippen LogP) is 3.33. The number of hydrogen-bond donors (Lipinski definition) is 2. The molecule has 0 aliphatic carbocycles. The van der Waals surface area contributed by atoms with E-state index in [0.717, 1.165) is 0 Å². The average Bonchev–Trinajstić information content (AvgIpc) is 2.18. The van der Waals surface area contributed by atoms with Crippen LogP contribution in [0, 0.1) is 0 Å². The molecule has 1 amide bonds. The first kappa shape index (κ1) is 13.7. The third-order valence-electron chi connectivity index (χ3n) is 1.84. The Balaban J connectivity index is 2.77. The van der Waals surface area contributed by atoms with Gasteiger partial charge in [0.1, 0.15) is 11.4 Å². The zero-order chi connectivity index (χ0) is 13.1. The van der Waals surface area contributed by atoms with E-state index in [9.17, 15) is 4.79 Å². The number of methoxy groups -OCH3 is 1. The van der Waals surface area contributed by atoms with Crippen LogP contribution in [-0.2, 0) is 4.74 Å². The molecular weight excluding hydrogens is 238 g/mol. The molecule has 0 unspecified atom stereocenters. The molecule has 0 aromatic heterocycles. The highest BCUT2D eigenvalue weighted by Crippen LogP contribution is 2.25. The standard InChI is InChI=1S/C12H17NO3S/c1-12(2,3)16-11(14)13-9-7-8(15-4)5-6-10(9)17/h5-7,17H,1-4H3,(H,13,14). The van der Waals surface area contributed by atoms with Crippen LogP contribution in [0.15, 0.2) is 23.1 Å². The highest BCUT2D eigenvalue weighted by molar-refractivity contribution is 7.80. The maximum atomic E-state index is 11.6. The van der Waals surface area contributed by atoms with Crippen molar-refractivity contribution in [3.05, 3.63) is 18.2 Å². The van der Waals surface area contributed by atoms with Gasteiger partial charge in [0.15, 0.2) is 0 Å². The minimum absolute atomic E-state index is 0.513. The van der Waals surface area contributed by atoms with E-state index < -0.39 is 11.7 Å². The normalized spacial score (nSPS) is 10.9. The van der Waals surface area contributed by atoms with Crippen LogP contribution in [0.5, 0.6) is 5.75 Å². The largest absolute Gasteiger partial charge is 0.497 e. The van der Waals surface area contributed by atoms with Crippen molar-refractivity contribution in [3.63, 3.8) is 0 Å². The van der Waals surface area contributed by atoms with Crippen LogP contribution < -0.4 is 10.1 Å². The van der Waals surface area contributed by atoms with Crippen molar-refractivity contribution in [1.82, 2.24) is 0 Å². The zero-order valence-corrected chi connectivity index (χ0v) is 11.3. The van der Waals surface area contributed by atoms with Crippen LogP contribution in [0.25, 0.3) is 0 Å². The average molecular weight is 255 g/mol. The summed E-state index contributed by atoms with van der Waals surface area (Å²) in [7, 11) is 1.56. The van der Waals surface area contributed by atoms with Crippen LogP contribution in [0.2, 0.25) is 0 Å². The number of amides is 1. The molecule has 0 bridgehead atoms. The van der Waals surface area contributed by atoms with Gasteiger partial charge < -0.3 is 9.47 Å². The second kappa shape index (κ2) is 5.31. The van der Waals surface area contributed by atoms with Crippen LogP contribution in [0.3, 0.4) is 0 Å². The fraction of sp³-hybridized carbons (Fsp3) is 0.417.